The van der Waals surface area contributed by atoms with Gasteiger partial charge in [-0.3, -0.25) is 0 Å². The lowest BCUT2D eigenvalue weighted by Crippen LogP contribution is -2.13. The Bertz CT molecular complexity index is 428. The highest BCUT2D eigenvalue weighted by Crippen LogP contribution is 2.44. The summed E-state index contributed by atoms with van der Waals surface area (Å²) in [7, 11) is 1.15. The molecule has 1 aliphatic rings. The molecule has 0 fully saturated rings. The third-order valence-electron chi connectivity index (χ3n) is 2.26. The minimum absolute atomic E-state index is 0.000661. The molecule has 0 bridgehead atoms. The van der Waals surface area contributed by atoms with Crippen LogP contribution in [0.25, 0.3) is 0 Å². The molecular formula is C10H10O6. The molecule has 2 N–H and O–H groups in total. The molecule has 1 aromatic rings. The number of carbonyl (C=O) groups excluding carboxylic acids is 1. The van der Waals surface area contributed by atoms with Gasteiger partial charge in [-0.15, -0.1) is 0 Å². The molecule has 1 aromatic carbocycles. The highest BCUT2D eigenvalue weighted by molar-refractivity contribution is 5.78. The quantitative estimate of drug-likeness (QED) is 0.707. The monoisotopic (exact) mass is 226 g/mol. The number of aromatic hydroxyl groups is 1. The van der Waals surface area contributed by atoms with E-state index in [0.29, 0.717) is 5.75 Å². The molecule has 2 rings (SSSR count). The van der Waals surface area contributed by atoms with Gasteiger partial charge in [0.05, 0.1) is 7.11 Å². The average Bonchev–Trinajstić information content (AvgIpc) is 2.76. The molecule has 0 radical (unpaired) electrons. The Morgan fingerprint density at radius 1 is 1.50 bits per heavy atom. The second-order valence-electron chi connectivity index (χ2n) is 3.16. The highest BCUT2D eigenvalue weighted by atomic mass is 16.7. The van der Waals surface area contributed by atoms with Crippen molar-refractivity contribution in [3.8, 4) is 17.2 Å². The van der Waals surface area contributed by atoms with Crippen LogP contribution in [0.1, 0.15) is 11.7 Å². The fourth-order valence-corrected chi connectivity index (χ4v) is 1.43. The van der Waals surface area contributed by atoms with Crippen molar-refractivity contribution < 1.29 is 29.2 Å². The number of benzene rings is 1. The summed E-state index contributed by atoms with van der Waals surface area (Å²) in [5.41, 5.74) is 0.0242. The van der Waals surface area contributed by atoms with Gasteiger partial charge >= 0.3 is 5.97 Å². The lowest BCUT2D eigenvalue weighted by molar-refractivity contribution is -0.150. The average molecular weight is 226 g/mol. The summed E-state index contributed by atoms with van der Waals surface area (Å²) in [6.07, 6.45) is -1.54. The van der Waals surface area contributed by atoms with Gasteiger partial charge in [-0.1, -0.05) is 0 Å². The normalized spacial score (nSPS) is 14.6. The lowest BCUT2D eigenvalue weighted by atomic mass is 10.1. The molecule has 16 heavy (non-hydrogen) atoms. The lowest BCUT2D eigenvalue weighted by Gasteiger charge is -2.11. The van der Waals surface area contributed by atoms with Crippen molar-refractivity contribution in [2.75, 3.05) is 13.9 Å². The Morgan fingerprint density at radius 3 is 2.94 bits per heavy atom. The largest absolute Gasteiger partial charge is 0.504 e. The van der Waals surface area contributed by atoms with Crippen LogP contribution in [0.4, 0.5) is 0 Å². The van der Waals surface area contributed by atoms with Gasteiger partial charge in [0.25, 0.3) is 0 Å². The van der Waals surface area contributed by atoms with Crippen LogP contribution < -0.4 is 9.47 Å². The molecule has 0 amide bonds. The number of methoxy groups -OCH3 is 1. The summed E-state index contributed by atoms with van der Waals surface area (Å²) < 4.78 is 14.4. The first-order valence-corrected chi connectivity index (χ1v) is 4.52. The van der Waals surface area contributed by atoms with Crippen molar-refractivity contribution in [2.24, 2.45) is 0 Å². The molecular weight excluding hydrogens is 216 g/mol. The molecule has 6 nitrogen and oxygen atoms in total. The molecule has 0 aliphatic carbocycles. The van der Waals surface area contributed by atoms with Crippen molar-refractivity contribution in [2.45, 2.75) is 6.10 Å². The van der Waals surface area contributed by atoms with E-state index in [1.165, 1.54) is 12.1 Å². The smallest absolute Gasteiger partial charge is 0.339 e. The number of phenols is 1. The van der Waals surface area contributed by atoms with E-state index >= 15 is 0 Å². The first kappa shape index (κ1) is 10.6. The first-order valence-electron chi connectivity index (χ1n) is 4.52. The Morgan fingerprint density at radius 2 is 2.25 bits per heavy atom. The van der Waals surface area contributed by atoms with Gasteiger partial charge in [-0.25, -0.2) is 4.79 Å². The molecule has 1 unspecified atom stereocenters. The molecule has 6 heteroatoms. The van der Waals surface area contributed by atoms with Crippen molar-refractivity contribution in [3.63, 3.8) is 0 Å². The zero-order valence-electron chi connectivity index (χ0n) is 8.47. The second-order valence-corrected chi connectivity index (χ2v) is 3.16. The topological polar surface area (TPSA) is 85.2 Å². The Kier molecular flexibility index (Phi) is 2.57. The SMILES string of the molecule is COC(=O)C(O)c1ccc2c(c1O)OCO2. The minimum atomic E-state index is -1.54. The predicted molar refractivity (Wildman–Crippen MR) is 51.2 cm³/mol. The number of fused-ring (bicyclic) bond motifs is 1. The molecule has 0 spiro atoms. The van der Waals surface area contributed by atoms with Gasteiger partial charge < -0.3 is 24.4 Å². The van der Waals surface area contributed by atoms with E-state index in [1.807, 2.05) is 0 Å². The van der Waals surface area contributed by atoms with Crippen LogP contribution in [0.3, 0.4) is 0 Å². The maximum Gasteiger partial charge on any atom is 0.339 e. The first-order chi connectivity index (χ1) is 7.65. The van der Waals surface area contributed by atoms with E-state index < -0.39 is 12.1 Å². The summed E-state index contributed by atoms with van der Waals surface area (Å²) in [6.45, 7) is 0.000661. The van der Waals surface area contributed by atoms with Gasteiger partial charge in [0.2, 0.25) is 12.5 Å². The predicted octanol–water partition coefficient (Wildman–Crippen LogP) is 0.327. The van der Waals surface area contributed by atoms with Gasteiger partial charge in [0, 0.05) is 5.56 Å². The van der Waals surface area contributed by atoms with E-state index in [0.717, 1.165) is 7.11 Å². The number of phenolic OH excluding ortho intramolecular Hbond substituents is 1. The molecule has 1 aliphatic heterocycles. The van der Waals surface area contributed by atoms with Crippen molar-refractivity contribution in [3.05, 3.63) is 17.7 Å². The van der Waals surface area contributed by atoms with Crippen LogP contribution in [-0.4, -0.2) is 30.1 Å². The summed E-state index contributed by atoms with van der Waals surface area (Å²) in [4.78, 5) is 11.1. The summed E-state index contributed by atoms with van der Waals surface area (Å²) in [5.74, 6) is -0.666. The molecule has 0 saturated carbocycles. The third-order valence-corrected chi connectivity index (χ3v) is 2.26. The second kappa shape index (κ2) is 3.90. The number of esters is 1. The summed E-state index contributed by atoms with van der Waals surface area (Å²) in [6, 6.07) is 2.88. The number of ether oxygens (including phenoxy) is 3. The van der Waals surface area contributed by atoms with Crippen LogP contribution in [0.5, 0.6) is 17.2 Å². The van der Waals surface area contributed by atoms with Crippen LogP contribution in [0.15, 0.2) is 12.1 Å². The maximum atomic E-state index is 11.1. The summed E-state index contributed by atoms with van der Waals surface area (Å²) >= 11 is 0. The van der Waals surface area contributed by atoms with Gasteiger partial charge in [0.1, 0.15) is 0 Å². The Hall–Kier alpha value is -1.95. The number of carbonyl (C=O) groups is 1. The Labute approximate surface area is 91.0 Å². The van der Waals surface area contributed by atoms with Crippen LogP contribution in [-0.2, 0) is 9.53 Å². The van der Waals surface area contributed by atoms with E-state index in [1.54, 1.807) is 0 Å². The zero-order chi connectivity index (χ0) is 11.7. The number of rotatable bonds is 2. The standard InChI is InChI=1S/C10H10O6/c1-14-10(13)8(12)5-2-3-6-9(7(5)11)16-4-15-6/h2-3,8,11-12H,4H2,1H3. The number of aliphatic hydroxyl groups excluding tert-OH is 1. The summed E-state index contributed by atoms with van der Waals surface area (Å²) in [5, 5.41) is 19.3. The molecule has 0 aromatic heterocycles. The van der Waals surface area contributed by atoms with Gasteiger partial charge in [0.15, 0.2) is 17.6 Å². The van der Waals surface area contributed by atoms with E-state index in [2.05, 4.69) is 4.74 Å². The maximum absolute atomic E-state index is 11.1. The van der Waals surface area contributed by atoms with E-state index in [4.69, 9.17) is 9.47 Å². The minimum Gasteiger partial charge on any atom is -0.504 e. The molecule has 0 saturated heterocycles. The number of hydrogen-bond acceptors (Lipinski definition) is 6. The van der Waals surface area contributed by atoms with Crippen LogP contribution >= 0.6 is 0 Å². The van der Waals surface area contributed by atoms with E-state index in [-0.39, 0.29) is 23.9 Å². The molecule has 1 atom stereocenters. The van der Waals surface area contributed by atoms with Gasteiger partial charge in [-0.2, -0.15) is 0 Å². The van der Waals surface area contributed by atoms with Crippen LogP contribution in [0, 0.1) is 0 Å². The van der Waals surface area contributed by atoms with Crippen molar-refractivity contribution in [1.29, 1.82) is 0 Å². The fourth-order valence-electron chi connectivity index (χ4n) is 1.43. The highest BCUT2D eigenvalue weighted by Gasteiger charge is 2.27. The third kappa shape index (κ3) is 1.53. The van der Waals surface area contributed by atoms with Crippen LogP contribution in [0.2, 0.25) is 0 Å². The zero-order valence-corrected chi connectivity index (χ0v) is 8.47. The number of hydrogen-bond donors (Lipinski definition) is 2. The Balaban J connectivity index is 2.39. The molecule has 1 heterocycles. The van der Waals surface area contributed by atoms with Crippen molar-refractivity contribution >= 4 is 5.97 Å². The van der Waals surface area contributed by atoms with Crippen molar-refractivity contribution in [1.82, 2.24) is 0 Å². The fraction of sp³-hybridized carbons (Fsp3) is 0.300. The molecule has 86 valence electrons. The van der Waals surface area contributed by atoms with E-state index in [9.17, 15) is 15.0 Å². The van der Waals surface area contributed by atoms with Gasteiger partial charge in [-0.05, 0) is 12.1 Å². The number of aliphatic hydroxyl groups is 1.